The molecule has 0 bridgehead atoms. The van der Waals surface area contributed by atoms with E-state index >= 15 is 0 Å². The van der Waals surface area contributed by atoms with E-state index in [2.05, 4.69) is 15.5 Å². The van der Waals surface area contributed by atoms with Gasteiger partial charge >= 0.3 is 0 Å². The van der Waals surface area contributed by atoms with Gasteiger partial charge in [0.15, 0.2) is 10.3 Å². The molecular formula is C10H11Cl2N3O2S. The van der Waals surface area contributed by atoms with Gasteiger partial charge in [0.05, 0.1) is 5.56 Å². The third kappa shape index (κ3) is 3.40. The van der Waals surface area contributed by atoms with Gasteiger partial charge in [0, 0.05) is 28.3 Å². The summed E-state index contributed by atoms with van der Waals surface area (Å²) in [6, 6.07) is 1.41. The van der Waals surface area contributed by atoms with Crippen molar-refractivity contribution in [2.75, 3.05) is 11.5 Å². The average Bonchev–Trinajstić information content (AvgIpc) is 2.35. The topological polar surface area (TPSA) is 72.0 Å². The van der Waals surface area contributed by atoms with E-state index in [0.29, 0.717) is 24.3 Å². The highest BCUT2D eigenvalue weighted by atomic mass is 35.5. The quantitative estimate of drug-likeness (QED) is 0.897. The lowest BCUT2D eigenvalue weighted by atomic mass is 10.1. The molecule has 1 aliphatic heterocycles. The van der Waals surface area contributed by atoms with Crippen molar-refractivity contribution in [1.82, 2.24) is 15.5 Å². The molecule has 2 rings (SSSR count). The van der Waals surface area contributed by atoms with Gasteiger partial charge in [-0.05, 0) is 18.9 Å². The normalized spacial score (nSPS) is 23.7. The number of nitrogens with zero attached hydrogens (tertiary/aromatic N) is 2. The summed E-state index contributed by atoms with van der Waals surface area (Å²) < 4.78 is 11.2. The number of halogens is 2. The number of amides is 1. The van der Waals surface area contributed by atoms with Crippen molar-refractivity contribution < 1.29 is 9.00 Å². The average molecular weight is 308 g/mol. The van der Waals surface area contributed by atoms with E-state index in [1.807, 2.05) is 0 Å². The zero-order valence-corrected chi connectivity index (χ0v) is 11.7. The maximum Gasteiger partial charge on any atom is 0.254 e. The molecule has 2 heterocycles. The highest BCUT2D eigenvalue weighted by Crippen LogP contribution is 2.16. The molecule has 1 amide bonds. The van der Waals surface area contributed by atoms with Gasteiger partial charge in [-0.2, -0.15) is 0 Å². The Kier molecular flexibility index (Phi) is 4.53. The summed E-state index contributed by atoms with van der Waals surface area (Å²) in [5.74, 6) is 0.914. The molecular weight excluding hydrogens is 297 g/mol. The molecule has 0 aliphatic carbocycles. The molecule has 0 saturated carbocycles. The zero-order valence-electron chi connectivity index (χ0n) is 9.36. The van der Waals surface area contributed by atoms with E-state index in [1.165, 1.54) is 6.07 Å². The number of aromatic nitrogens is 2. The molecule has 0 aromatic carbocycles. The number of rotatable bonds is 2. The number of hydrogen-bond acceptors (Lipinski definition) is 4. The van der Waals surface area contributed by atoms with Crippen LogP contribution < -0.4 is 5.32 Å². The van der Waals surface area contributed by atoms with Crippen molar-refractivity contribution in [1.29, 1.82) is 0 Å². The van der Waals surface area contributed by atoms with Crippen LogP contribution in [0.25, 0.3) is 0 Å². The van der Waals surface area contributed by atoms with Crippen molar-refractivity contribution in [2.45, 2.75) is 18.9 Å². The van der Waals surface area contributed by atoms with Crippen LogP contribution in [0, 0.1) is 0 Å². The van der Waals surface area contributed by atoms with Crippen molar-refractivity contribution >= 4 is 39.9 Å². The molecule has 0 atom stereocenters. The van der Waals surface area contributed by atoms with Gasteiger partial charge in [-0.25, -0.2) is 0 Å². The summed E-state index contributed by atoms with van der Waals surface area (Å²) in [5, 5.41) is 10.1. The minimum absolute atomic E-state index is 0.0243. The first kappa shape index (κ1) is 13.7. The summed E-state index contributed by atoms with van der Waals surface area (Å²) in [6.07, 6.45) is 1.42. The zero-order chi connectivity index (χ0) is 13.1. The molecule has 0 unspecified atom stereocenters. The summed E-state index contributed by atoms with van der Waals surface area (Å²) in [7, 11) is -0.749. The monoisotopic (exact) mass is 307 g/mol. The molecule has 1 fully saturated rings. The van der Waals surface area contributed by atoms with Crippen LogP contribution in [0.15, 0.2) is 6.07 Å². The highest BCUT2D eigenvalue weighted by molar-refractivity contribution is 7.85. The van der Waals surface area contributed by atoms with Crippen LogP contribution in [0.3, 0.4) is 0 Å². The van der Waals surface area contributed by atoms with Gasteiger partial charge in [0.2, 0.25) is 0 Å². The summed E-state index contributed by atoms with van der Waals surface area (Å²) in [5.41, 5.74) is 0.211. The number of hydrogen-bond donors (Lipinski definition) is 1. The molecule has 1 aliphatic rings. The predicted octanol–water partition coefficient (Wildman–Crippen LogP) is 1.42. The highest BCUT2D eigenvalue weighted by Gasteiger charge is 2.21. The summed E-state index contributed by atoms with van der Waals surface area (Å²) in [6.45, 7) is 0. The smallest absolute Gasteiger partial charge is 0.254 e. The Balaban J connectivity index is 2.03. The fourth-order valence-corrected chi connectivity index (χ4v) is 3.34. The van der Waals surface area contributed by atoms with E-state index in [1.54, 1.807) is 0 Å². The molecule has 18 heavy (non-hydrogen) atoms. The van der Waals surface area contributed by atoms with Crippen molar-refractivity contribution in [3.63, 3.8) is 0 Å². The van der Waals surface area contributed by atoms with Crippen molar-refractivity contribution in [3.05, 3.63) is 21.9 Å². The maximum absolute atomic E-state index is 12.0. The van der Waals surface area contributed by atoms with E-state index in [-0.39, 0.29) is 27.8 Å². The fraction of sp³-hybridized carbons (Fsp3) is 0.500. The molecule has 1 aromatic rings. The molecule has 5 nitrogen and oxygen atoms in total. The maximum atomic E-state index is 12.0. The Labute approximate surface area is 117 Å². The molecule has 0 spiro atoms. The Hall–Kier alpha value is -0.720. The molecule has 98 valence electrons. The van der Waals surface area contributed by atoms with Crippen molar-refractivity contribution in [3.8, 4) is 0 Å². The number of carbonyl (C=O) groups is 1. The largest absolute Gasteiger partial charge is 0.349 e. The van der Waals surface area contributed by atoms with Crippen LogP contribution >= 0.6 is 23.2 Å². The van der Waals surface area contributed by atoms with Gasteiger partial charge in [0.25, 0.3) is 5.91 Å². The lowest BCUT2D eigenvalue weighted by molar-refractivity contribution is 0.0934. The minimum Gasteiger partial charge on any atom is -0.349 e. The molecule has 8 heteroatoms. The predicted molar refractivity (Wildman–Crippen MR) is 70.4 cm³/mol. The van der Waals surface area contributed by atoms with Crippen LogP contribution in [0.1, 0.15) is 23.2 Å². The SMILES string of the molecule is O=C(NC1CCS(=O)CC1)c1cc(Cl)nnc1Cl. The van der Waals surface area contributed by atoms with Crippen LogP contribution in [0.5, 0.6) is 0 Å². The van der Waals surface area contributed by atoms with E-state index in [9.17, 15) is 9.00 Å². The Bertz CT molecular complexity index is 488. The summed E-state index contributed by atoms with van der Waals surface area (Å²) in [4.78, 5) is 12.0. The molecule has 1 N–H and O–H groups in total. The van der Waals surface area contributed by atoms with Crippen LogP contribution in [-0.4, -0.2) is 37.9 Å². The molecule has 1 aromatic heterocycles. The van der Waals surface area contributed by atoms with Crippen molar-refractivity contribution in [2.24, 2.45) is 0 Å². The first-order valence-electron chi connectivity index (χ1n) is 5.41. The third-order valence-electron chi connectivity index (χ3n) is 2.69. The lowest BCUT2D eigenvalue weighted by Crippen LogP contribution is -2.39. The van der Waals surface area contributed by atoms with E-state index in [4.69, 9.17) is 23.2 Å². The molecule has 0 radical (unpaired) electrons. The number of nitrogens with one attached hydrogen (secondary N) is 1. The van der Waals surface area contributed by atoms with Crippen LogP contribution in [0.2, 0.25) is 10.3 Å². The Morgan fingerprint density at radius 2 is 2.00 bits per heavy atom. The van der Waals surface area contributed by atoms with Gasteiger partial charge in [-0.15, -0.1) is 10.2 Å². The minimum atomic E-state index is -0.749. The molecule has 1 saturated heterocycles. The first-order valence-corrected chi connectivity index (χ1v) is 7.65. The van der Waals surface area contributed by atoms with E-state index in [0.717, 1.165) is 0 Å². The van der Waals surface area contributed by atoms with Gasteiger partial charge in [-0.1, -0.05) is 23.2 Å². The standard InChI is InChI=1S/C10H11Cl2N3O2S/c11-8-5-7(9(12)15-14-8)10(16)13-6-1-3-18(17)4-2-6/h5-6H,1-4H2,(H,13,16). The third-order valence-corrected chi connectivity index (χ3v) is 4.53. The van der Waals surface area contributed by atoms with Crippen LogP contribution in [0.4, 0.5) is 0 Å². The second kappa shape index (κ2) is 5.95. The fourth-order valence-electron chi connectivity index (χ4n) is 1.71. The van der Waals surface area contributed by atoms with E-state index < -0.39 is 10.8 Å². The van der Waals surface area contributed by atoms with Crippen LogP contribution in [-0.2, 0) is 10.8 Å². The van der Waals surface area contributed by atoms with Gasteiger partial charge in [0.1, 0.15) is 0 Å². The van der Waals surface area contributed by atoms with Gasteiger partial charge in [-0.3, -0.25) is 9.00 Å². The lowest BCUT2D eigenvalue weighted by Gasteiger charge is -2.22. The second-order valence-corrected chi connectivity index (χ2v) is 6.41. The number of carbonyl (C=O) groups excluding carboxylic acids is 1. The van der Waals surface area contributed by atoms with Gasteiger partial charge < -0.3 is 5.32 Å². The second-order valence-electron chi connectivity index (χ2n) is 3.97. The first-order chi connectivity index (χ1) is 8.56. The summed E-state index contributed by atoms with van der Waals surface area (Å²) >= 11 is 11.5. The Morgan fingerprint density at radius 3 is 2.67 bits per heavy atom. The Morgan fingerprint density at radius 1 is 1.33 bits per heavy atom.